The number of primary amides is 1. The highest BCUT2D eigenvalue weighted by Gasteiger charge is 2.29. The van der Waals surface area contributed by atoms with Crippen molar-refractivity contribution in [3.8, 4) is 0 Å². The number of carbonyl (C=O) groups excluding carboxylic acids is 7. The number of hydrogen-bond acceptors (Lipinski definition) is 12. The van der Waals surface area contributed by atoms with Crippen LogP contribution in [0.4, 0.5) is 10.5 Å². The molecule has 19 nitrogen and oxygen atoms in total. The third kappa shape index (κ3) is 19.8. The lowest BCUT2D eigenvalue weighted by atomic mass is 10.0. The van der Waals surface area contributed by atoms with Crippen LogP contribution in [-0.4, -0.2) is 136 Å². The predicted octanol–water partition coefficient (Wildman–Crippen LogP) is -0.921. The van der Waals surface area contributed by atoms with Gasteiger partial charge >= 0.3 is 6.03 Å². The lowest BCUT2D eigenvalue weighted by molar-refractivity contribution is -0.137. The summed E-state index contributed by atoms with van der Waals surface area (Å²) < 4.78 is 21.8. The monoisotopic (exact) mass is 777 g/mol. The lowest BCUT2D eigenvalue weighted by Crippen LogP contribution is -2.54. The van der Waals surface area contributed by atoms with Gasteiger partial charge in [0.15, 0.2) is 0 Å². The maximum absolute atomic E-state index is 13.3. The van der Waals surface area contributed by atoms with Crippen molar-refractivity contribution in [2.45, 2.75) is 58.2 Å². The Labute approximate surface area is 320 Å². The summed E-state index contributed by atoms with van der Waals surface area (Å²) in [5, 5.41) is 22.5. The van der Waals surface area contributed by atoms with Gasteiger partial charge in [-0.3, -0.25) is 33.7 Å². The molecule has 0 fully saturated rings. The van der Waals surface area contributed by atoms with Gasteiger partial charge in [0.2, 0.25) is 23.6 Å². The maximum atomic E-state index is 13.3. The molecular weight excluding hydrogens is 722 g/mol. The zero-order valence-corrected chi connectivity index (χ0v) is 31.5. The van der Waals surface area contributed by atoms with E-state index in [0.29, 0.717) is 44.1 Å². The second-order valence-corrected chi connectivity index (χ2v) is 12.6. The fourth-order valence-electron chi connectivity index (χ4n) is 4.89. The summed E-state index contributed by atoms with van der Waals surface area (Å²) in [7, 11) is 0. The lowest BCUT2D eigenvalue weighted by Gasteiger charge is -2.25. The molecule has 55 heavy (non-hydrogen) atoms. The number of hydrogen-bond donors (Lipinski definition) is 7. The van der Waals surface area contributed by atoms with Gasteiger partial charge in [-0.25, -0.2) is 4.79 Å². The summed E-state index contributed by atoms with van der Waals surface area (Å²) >= 11 is 0. The van der Waals surface area contributed by atoms with Gasteiger partial charge < -0.3 is 56.4 Å². The topological polar surface area (TPSA) is 266 Å². The normalized spacial score (nSPS) is 13.4. The Morgan fingerprint density at radius 2 is 1.31 bits per heavy atom. The third-order valence-electron chi connectivity index (χ3n) is 7.89. The predicted molar refractivity (Wildman–Crippen MR) is 198 cm³/mol. The number of imide groups is 1. The van der Waals surface area contributed by atoms with E-state index in [1.807, 2.05) is 0 Å². The highest BCUT2D eigenvalue weighted by atomic mass is 16.6. The highest BCUT2D eigenvalue weighted by Crippen LogP contribution is 2.12. The van der Waals surface area contributed by atoms with Crippen molar-refractivity contribution in [1.29, 1.82) is 0 Å². The molecule has 306 valence electrons. The number of carbonyl (C=O) groups is 7. The number of amides is 8. The number of urea groups is 1. The van der Waals surface area contributed by atoms with Crippen LogP contribution in [0.3, 0.4) is 0 Å². The Balaban J connectivity index is 1.56. The summed E-state index contributed by atoms with van der Waals surface area (Å²) in [5.74, 6) is -2.89. The van der Waals surface area contributed by atoms with E-state index in [1.54, 1.807) is 38.1 Å². The van der Waals surface area contributed by atoms with Crippen LogP contribution in [0, 0.1) is 5.92 Å². The first-order chi connectivity index (χ1) is 26.4. The number of nitrogens with two attached hydrogens (primary N) is 1. The molecule has 8 amide bonds. The van der Waals surface area contributed by atoms with Crippen molar-refractivity contribution >= 4 is 47.2 Å². The smallest absolute Gasteiger partial charge is 0.312 e. The van der Waals surface area contributed by atoms with Crippen molar-refractivity contribution in [1.82, 2.24) is 26.2 Å². The number of nitrogens with one attached hydrogen (secondary N) is 5. The Kier molecular flexibility index (Phi) is 22.5. The van der Waals surface area contributed by atoms with Gasteiger partial charge in [-0.1, -0.05) is 26.0 Å². The molecule has 1 aromatic carbocycles. The summed E-state index contributed by atoms with van der Waals surface area (Å²) in [6.07, 6.45) is 2.87. The van der Waals surface area contributed by atoms with Gasteiger partial charge in [-0.05, 0) is 36.5 Å². The first-order valence-electron chi connectivity index (χ1n) is 18.2. The quantitative estimate of drug-likeness (QED) is 0.0385. The van der Waals surface area contributed by atoms with Gasteiger partial charge in [0.1, 0.15) is 12.1 Å². The van der Waals surface area contributed by atoms with Gasteiger partial charge in [0.05, 0.1) is 59.5 Å². The molecule has 0 saturated heterocycles. The Morgan fingerprint density at radius 3 is 1.87 bits per heavy atom. The molecule has 1 aliphatic heterocycles. The van der Waals surface area contributed by atoms with Gasteiger partial charge in [-0.2, -0.15) is 0 Å². The Bertz CT molecular complexity index is 1410. The number of nitrogens with zero attached hydrogens (tertiary/aromatic N) is 1. The fraction of sp³-hybridized carbons (Fsp3) is 0.583. The van der Waals surface area contributed by atoms with Crippen molar-refractivity contribution < 1.29 is 57.6 Å². The molecule has 2 rings (SSSR count). The van der Waals surface area contributed by atoms with Gasteiger partial charge in [0, 0.05) is 50.3 Å². The summed E-state index contributed by atoms with van der Waals surface area (Å²) in [6.45, 7) is 6.05. The molecule has 0 bridgehead atoms. The largest absolute Gasteiger partial charge is 0.392 e. The molecule has 0 radical (unpaired) electrons. The molecule has 0 aromatic heterocycles. The molecular formula is C36H55N7O12. The van der Waals surface area contributed by atoms with Gasteiger partial charge in [0.25, 0.3) is 11.8 Å². The second-order valence-electron chi connectivity index (χ2n) is 12.6. The number of aliphatic hydroxyl groups is 1. The van der Waals surface area contributed by atoms with Crippen LogP contribution < -0.4 is 32.3 Å². The zero-order chi connectivity index (χ0) is 40.4. The van der Waals surface area contributed by atoms with Crippen molar-refractivity contribution in [2.24, 2.45) is 11.7 Å². The van der Waals surface area contributed by atoms with Crippen molar-refractivity contribution in [3.05, 3.63) is 42.0 Å². The minimum atomic E-state index is -0.981. The number of ether oxygens (including phenoxy) is 4. The van der Waals surface area contributed by atoms with Crippen LogP contribution in [0.5, 0.6) is 0 Å². The molecule has 1 aromatic rings. The summed E-state index contributed by atoms with van der Waals surface area (Å²) in [5.41, 5.74) is 6.25. The molecule has 0 saturated carbocycles. The second kappa shape index (κ2) is 26.8. The number of benzene rings is 1. The van der Waals surface area contributed by atoms with Crippen molar-refractivity contribution in [2.75, 3.05) is 77.8 Å². The van der Waals surface area contributed by atoms with E-state index in [0.717, 1.165) is 4.90 Å². The molecule has 0 unspecified atom stereocenters. The minimum Gasteiger partial charge on any atom is -0.392 e. The van der Waals surface area contributed by atoms with E-state index in [4.69, 9.17) is 24.7 Å². The summed E-state index contributed by atoms with van der Waals surface area (Å²) in [4.78, 5) is 86.0. The molecule has 2 atom stereocenters. The van der Waals surface area contributed by atoms with Gasteiger partial charge in [-0.15, -0.1) is 0 Å². The fourth-order valence-corrected chi connectivity index (χ4v) is 4.89. The first kappa shape index (κ1) is 46.2. The molecule has 0 aliphatic carbocycles. The van der Waals surface area contributed by atoms with Crippen LogP contribution in [0.25, 0.3) is 0 Å². The van der Waals surface area contributed by atoms with E-state index in [2.05, 4.69) is 26.6 Å². The van der Waals surface area contributed by atoms with Crippen LogP contribution in [0.2, 0.25) is 0 Å². The van der Waals surface area contributed by atoms with E-state index >= 15 is 0 Å². The maximum Gasteiger partial charge on any atom is 0.312 e. The van der Waals surface area contributed by atoms with Crippen LogP contribution in [-0.2, 0) is 54.3 Å². The summed E-state index contributed by atoms with van der Waals surface area (Å²) in [6, 6.07) is 3.95. The highest BCUT2D eigenvalue weighted by molar-refractivity contribution is 6.13. The Morgan fingerprint density at radius 1 is 0.727 bits per heavy atom. The van der Waals surface area contributed by atoms with Crippen LogP contribution in [0.15, 0.2) is 36.4 Å². The molecule has 1 heterocycles. The Hall–Kier alpha value is -4.95. The zero-order valence-electron chi connectivity index (χ0n) is 31.5. The van der Waals surface area contributed by atoms with E-state index in [1.165, 1.54) is 12.2 Å². The minimum absolute atomic E-state index is 0.00579. The molecule has 8 N–H and O–H groups in total. The standard InChI is InChI=1S/C36H55N7O12/c1-25(2)33(35(50)41-28(4-3-13-39-36(37)51)34(49)40-27-7-5-26(24-44)6-8-27)42-30(46)12-16-52-18-20-54-22-23-55-21-19-53-17-14-38-29(45)11-15-43-31(47)9-10-32(43)48/h5-10,25,28,33,44H,3-4,11-24H2,1-2H3,(H,38,45)(H,40,49)(H,41,50)(H,42,46)(H3,37,39,51)/t28-,33-/m0/s1. The number of aliphatic hydroxyl groups excluding tert-OH is 1. The average molecular weight is 778 g/mol. The third-order valence-corrected chi connectivity index (χ3v) is 7.89. The molecule has 1 aliphatic rings. The SMILES string of the molecule is CC(C)[C@H](NC(=O)CCOCCOCCOCCOCCNC(=O)CCN1C(=O)C=CC1=O)C(=O)N[C@@H](CCCNC(N)=O)C(=O)Nc1ccc(CO)cc1. The first-order valence-corrected chi connectivity index (χ1v) is 18.2. The van der Waals surface area contributed by atoms with E-state index in [-0.39, 0.29) is 83.8 Å². The van der Waals surface area contributed by atoms with Crippen LogP contribution >= 0.6 is 0 Å². The number of anilines is 1. The van der Waals surface area contributed by atoms with Crippen molar-refractivity contribution in [3.63, 3.8) is 0 Å². The number of rotatable bonds is 29. The van der Waals surface area contributed by atoms with E-state index in [9.17, 15) is 38.7 Å². The molecule has 19 heteroatoms. The van der Waals surface area contributed by atoms with E-state index < -0.39 is 47.7 Å². The van der Waals surface area contributed by atoms with Crippen LogP contribution in [0.1, 0.15) is 45.1 Å². The molecule has 0 spiro atoms. The average Bonchev–Trinajstić information content (AvgIpc) is 3.48.